The number of thiophene rings is 1. The van der Waals surface area contributed by atoms with Gasteiger partial charge in [-0.3, -0.25) is 9.59 Å². The average molecular weight is 472 g/mol. The van der Waals surface area contributed by atoms with Crippen LogP contribution in [0.2, 0.25) is 0 Å². The number of rotatable bonds is 7. The first kappa shape index (κ1) is 23.3. The number of nitriles is 1. The molecule has 34 heavy (non-hydrogen) atoms. The van der Waals surface area contributed by atoms with Gasteiger partial charge in [0.15, 0.2) is 5.78 Å². The lowest BCUT2D eigenvalue weighted by molar-refractivity contribution is -0.149. The van der Waals surface area contributed by atoms with Crippen LogP contribution in [0.1, 0.15) is 52.2 Å². The number of hydrogen-bond donors (Lipinski definition) is 0. The monoisotopic (exact) mass is 471 g/mol. The maximum atomic E-state index is 13.2. The first-order chi connectivity index (χ1) is 16.4. The van der Waals surface area contributed by atoms with E-state index in [2.05, 4.69) is 0 Å². The molecule has 6 heteroatoms. The Morgan fingerprint density at radius 1 is 0.941 bits per heavy atom. The minimum Gasteiger partial charge on any atom is -0.441 e. The van der Waals surface area contributed by atoms with Crippen molar-refractivity contribution in [2.24, 2.45) is 5.92 Å². The van der Waals surface area contributed by atoms with Crippen molar-refractivity contribution in [3.05, 3.63) is 106 Å². The highest BCUT2D eigenvalue weighted by Crippen LogP contribution is 2.36. The maximum Gasteiger partial charge on any atom is 0.316 e. The number of hydrogen-bond acceptors (Lipinski definition) is 5. The summed E-state index contributed by atoms with van der Waals surface area (Å²) in [4.78, 5) is 26.9. The van der Waals surface area contributed by atoms with Crippen molar-refractivity contribution in [3.8, 4) is 6.07 Å². The first-order valence-electron chi connectivity index (χ1n) is 10.9. The molecule has 0 N–H and O–H groups in total. The third-order valence-corrected chi connectivity index (χ3v) is 6.78. The van der Waals surface area contributed by atoms with Crippen LogP contribution in [-0.2, 0) is 9.53 Å². The second kappa shape index (κ2) is 9.98. The molecule has 0 bridgehead atoms. The van der Waals surface area contributed by atoms with E-state index >= 15 is 0 Å². The number of nitrogens with zero attached hydrogens (tertiary/aromatic N) is 1. The molecule has 1 aromatic heterocycles. The molecule has 2 unspecified atom stereocenters. The van der Waals surface area contributed by atoms with Crippen molar-refractivity contribution in [1.82, 2.24) is 0 Å². The molecular weight excluding hydrogens is 449 g/mol. The van der Waals surface area contributed by atoms with Crippen LogP contribution in [0, 0.1) is 23.1 Å². The predicted octanol–water partition coefficient (Wildman–Crippen LogP) is 6.82. The molecule has 0 radical (unpaired) electrons. The summed E-state index contributed by atoms with van der Waals surface area (Å²) >= 11 is 1.54. The minimum atomic E-state index is -1.16. The maximum absolute atomic E-state index is 13.2. The average Bonchev–Trinajstić information content (AvgIpc) is 3.26. The summed E-state index contributed by atoms with van der Waals surface area (Å²) in [5.41, 5.74) is 1.06. The molecule has 0 aliphatic rings. The third-order valence-electron chi connectivity index (χ3n) is 5.58. The lowest BCUT2D eigenvalue weighted by Crippen LogP contribution is -2.22. The Morgan fingerprint density at radius 3 is 2.35 bits per heavy atom. The minimum absolute atomic E-state index is 0.0358. The molecule has 4 aromatic rings. The van der Waals surface area contributed by atoms with E-state index in [0.29, 0.717) is 16.7 Å². The van der Waals surface area contributed by atoms with Gasteiger partial charge in [0.05, 0.1) is 5.92 Å². The van der Waals surface area contributed by atoms with Crippen LogP contribution < -0.4 is 0 Å². The van der Waals surface area contributed by atoms with E-state index in [1.165, 1.54) is 30.3 Å². The number of benzene rings is 3. The van der Waals surface area contributed by atoms with Crippen LogP contribution in [0.5, 0.6) is 0 Å². The molecule has 0 aliphatic heterocycles. The fourth-order valence-corrected chi connectivity index (χ4v) is 5.17. The largest absolute Gasteiger partial charge is 0.441 e. The Kier molecular flexibility index (Phi) is 6.85. The highest BCUT2D eigenvalue weighted by molar-refractivity contribution is 7.19. The molecule has 4 nitrogen and oxygen atoms in total. The van der Waals surface area contributed by atoms with Crippen LogP contribution in [0.4, 0.5) is 4.39 Å². The Hall–Kier alpha value is -3.82. The Bertz CT molecular complexity index is 1350. The van der Waals surface area contributed by atoms with Crippen LogP contribution in [0.15, 0.2) is 78.9 Å². The Morgan fingerprint density at radius 2 is 1.68 bits per heavy atom. The summed E-state index contributed by atoms with van der Waals surface area (Å²) in [5.74, 6) is -1.78. The molecule has 0 amide bonds. The molecule has 2 atom stereocenters. The second-order valence-electron chi connectivity index (χ2n) is 8.32. The zero-order valence-electron chi connectivity index (χ0n) is 18.7. The standard InChI is InChI=1S/C28H22FNO3S/c1-17(2)26(25-15-20-6-3-4-9-24(20)34-25)28(32)33-23(16-30)19-7-5-8-21(14-19)27(31)18-10-12-22(29)13-11-18/h3-15,17,23,26H,1-2H3. The topological polar surface area (TPSA) is 67.2 Å². The summed E-state index contributed by atoms with van der Waals surface area (Å²) in [6, 6.07) is 23.6. The third kappa shape index (κ3) is 4.90. The Labute approximate surface area is 201 Å². The fourth-order valence-electron chi connectivity index (χ4n) is 3.84. The highest BCUT2D eigenvalue weighted by Gasteiger charge is 2.30. The van der Waals surface area contributed by atoms with Crippen molar-refractivity contribution in [2.75, 3.05) is 0 Å². The van der Waals surface area contributed by atoms with Crippen molar-refractivity contribution in [1.29, 1.82) is 5.26 Å². The van der Waals surface area contributed by atoms with E-state index in [4.69, 9.17) is 4.74 Å². The number of ether oxygens (including phenoxy) is 1. The highest BCUT2D eigenvalue weighted by atomic mass is 32.1. The van der Waals surface area contributed by atoms with Crippen molar-refractivity contribution in [3.63, 3.8) is 0 Å². The molecule has 0 spiro atoms. The molecule has 3 aromatic carbocycles. The molecule has 0 saturated carbocycles. The van der Waals surface area contributed by atoms with Gasteiger partial charge in [-0.25, -0.2) is 4.39 Å². The van der Waals surface area contributed by atoms with E-state index in [-0.39, 0.29) is 11.7 Å². The van der Waals surface area contributed by atoms with Gasteiger partial charge in [0.2, 0.25) is 6.10 Å². The van der Waals surface area contributed by atoms with Crippen molar-refractivity contribution >= 4 is 33.2 Å². The van der Waals surface area contributed by atoms with Gasteiger partial charge in [-0.15, -0.1) is 11.3 Å². The van der Waals surface area contributed by atoms with Crippen LogP contribution in [0.3, 0.4) is 0 Å². The van der Waals surface area contributed by atoms with E-state index < -0.39 is 23.8 Å². The summed E-state index contributed by atoms with van der Waals surface area (Å²) in [7, 11) is 0. The molecule has 0 aliphatic carbocycles. The number of fused-ring (bicyclic) bond motifs is 1. The molecule has 0 saturated heterocycles. The zero-order valence-corrected chi connectivity index (χ0v) is 19.5. The summed E-state index contributed by atoms with van der Waals surface area (Å²) in [5, 5.41) is 10.8. The second-order valence-corrected chi connectivity index (χ2v) is 9.43. The van der Waals surface area contributed by atoms with E-state index in [9.17, 15) is 19.2 Å². The number of carbonyl (C=O) groups excluding carboxylic acids is 2. The molecule has 170 valence electrons. The number of carbonyl (C=O) groups is 2. The molecule has 0 fully saturated rings. The van der Waals surface area contributed by atoms with E-state index in [1.54, 1.807) is 29.5 Å². The fraction of sp³-hybridized carbons (Fsp3) is 0.179. The van der Waals surface area contributed by atoms with Gasteiger partial charge in [-0.2, -0.15) is 5.26 Å². The molecule has 4 rings (SSSR count). The van der Waals surface area contributed by atoms with Gasteiger partial charge >= 0.3 is 5.97 Å². The van der Waals surface area contributed by atoms with Crippen LogP contribution >= 0.6 is 11.3 Å². The van der Waals surface area contributed by atoms with Crippen molar-refractivity contribution in [2.45, 2.75) is 25.9 Å². The van der Waals surface area contributed by atoms with Gasteiger partial charge in [0, 0.05) is 26.3 Å². The zero-order chi connectivity index (χ0) is 24.2. The van der Waals surface area contributed by atoms with E-state index in [0.717, 1.165) is 15.0 Å². The first-order valence-corrected chi connectivity index (χ1v) is 11.7. The van der Waals surface area contributed by atoms with Crippen LogP contribution in [0.25, 0.3) is 10.1 Å². The number of esters is 1. The van der Waals surface area contributed by atoms with Gasteiger partial charge < -0.3 is 4.74 Å². The SMILES string of the molecule is CC(C)C(C(=O)OC(C#N)c1cccc(C(=O)c2ccc(F)cc2)c1)c1cc2ccccc2s1. The van der Waals surface area contributed by atoms with Crippen LogP contribution in [-0.4, -0.2) is 11.8 Å². The predicted molar refractivity (Wildman–Crippen MR) is 130 cm³/mol. The lowest BCUT2D eigenvalue weighted by atomic mass is 9.94. The summed E-state index contributed by atoms with van der Waals surface area (Å²) < 4.78 is 19.9. The molecular formula is C28H22FNO3S. The van der Waals surface area contributed by atoms with Gasteiger partial charge in [0.25, 0.3) is 0 Å². The van der Waals surface area contributed by atoms with E-state index in [1.807, 2.05) is 50.2 Å². The summed E-state index contributed by atoms with van der Waals surface area (Å²) in [6.45, 7) is 3.89. The van der Waals surface area contributed by atoms with Crippen molar-refractivity contribution < 1.29 is 18.7 Å². The normalized spacial score (nSPS) is 12.8. The number of ketones is 1. The van der Waals surface area contributed by atoms with Gasteiger partial charge in [0.1, 0.15) is 11.9 Å². The Balaban J connectivity index is 1.58. The molecule has 1 heterocycles. The summed E-state index contributed by atoms with van der Waals surface area (Å²) in [6.07, 6.45) is -1.16. The smallest absolute Gasteiger partial charge is 0.316 e. The van der Waals surface area contributed by atoms with Gasteiger partial charge in [-0.05, 0) is 53.8 Å². The lowest BCUT2D eigenvalue weighted by Gasteiger charge is -2.20. The quantitative estimate of drug-likeness (QED) is 0.219. The van der Waals surface area contributed by atoms with Gasteiger partial charge in [-0.1, -0.05) is 50.2 Å². The number of halogens is 1.